The number of allylic oxidation sites excluding steroid dienone is 1. The molecule has 1 unspecified atom stereocenters. The summed E-state index contributed by atoms with van der Waals surface area (Å²) in [5, 5.41) is 0. The summed E-state index contributed by atoms with van der Waals surface area (Å²) in [5.41, 5.74) is 4.59. The van der Waals surface area contributed by atoms with Crippen molar-refractivity contribution in [3.8, 4) is 11.5 Å². The molecule has 0 spiro atoms. The minimum atomic E-state index is 0.373. The zero-order valence-electron chi connectivity index (χ0n) is 10.9. The van der Waals surface area contributed by atoms with E-state index in [0.717, 1.165) is 18.0 Å². The third-order valence-electron chi connectivity index (χ3n) is 5.09. The van der Waals surface area contributed by atoms with E-state index in [2.05, 4.69) is 23.1 Å². The Kier molecular flexibility index (Phi) is 1.92. The van der Waals surface area contributed by atoms with Crippen molar-refractivity contribution >= 4 is 0 Å². The Morgan fingerprint density at radius 2 is 2.05 bits per heavy atom. The third-order valence-corrected chi connectivity index (χ3v) is 5.09. The maximum absolute atomic E-state index is 5.55. The van der Waals surface area contributed by atoms with Crippen LogP contribution in [0.3, 0.4) is 0 Å². The first kappa shape index (κ1) is 10.3. The quantitative estimate of drug-likeness (QED) is 0.665. The summed E-state index contributed by atoms with van der Waals surface area (Å²) in [6.07, 6.45) is 6.44. The summed E-state index contributed by atoms with van der Waals surface area (Å²) in [7, 11) is 0. The van der Waals surface area contributed by atoms with Crippen LogP contribution in [0.4, 0.5) is 0 Å². The van der Waals surface area contributed by atoms with Crippen LogP contribution >= 0.6 is 0 Å². The van der Waals surface area contributed by atoms with E-state index >= 15 is 0 Å². The summed E-state index contributed by atoms with van der Waals surface area (Å²) < 4.78 is 11.1. The van der Waals surface area contributed by atoms with Crippen LogP contribution in [0.5, 0.6) is 11.5 Å². The van der Waals surface area contributed by atoms with Crippen molar-refractivity contribution in [3.05, 3.63) is 34.9 Å². The minimum absolute atomic E-state index is 0.373. The number of fused-ring (bicyclic) bond motifs is 8. The van der Waals surface area contributed by atoms with Crippen LogP contribution in [0.2, 0.25) is 0 Å². The Morgan fingerprint density at radius 3 is 3.00 bits per heavy atom. The molecule has 1 fully saturated rings. The lowest BCUT2D eigenvalue weighted by atomic mass is 9.84. The molecule has 0 saturated carbocycles. The lowest BCUT2D eigenvalue weighted by molar-refractivity contribution is 0.174. The van der Waals surface area contributed by atoms with E-state index in [4.69, 9.17) is 9.47 Å². The van der Waals surface area contributed by atoms with Gasteiger partial charge in [-0.3, -0.25) is 4.90 Å². The molecular formula is C16H17NO2. The van der Waals surface area contributed by atoms with E-state index in [1.807, 2.05) is 0 Å². The summed E-state index contributed by atoms with van der Waals surface area (Å²) >= 11 is 0. The van der Waals surface area contributed by atoms with Gasteiger partial charge in [0.25, 0.3) is 0 Å². The van der Waals surface area contributed by atoms with Gasteiger partial charge in [0.05, 0.1) is 0 Å². The van der Waals surface area contributed by atoms with Crippen molar-refractivity contribution in [3.63, 3.8) is 0 Å². The van der Waals surface area contributed by atoms with Gasteiger partial charge in [-0.2, -0.15) is 0 Å². The fourth-order valence-corrected chi connectivity index (χ4v) is 4.25. The molecule has 0 amide bonds. The van der Waals surface area contributed by atoms with E-state index in [9.17, 15) is 0 Å². The molecule has 3 heterocycles. The number of hydrogen-bond donors (Lipinski definition) is 0. The Hall–Kier alpha value is -1.48. The highest BCUT2D eigenvalue weighted by Gasteiger charge is 2.43. The molecule has 0 aromatic heterocycles. The van der Waals surface area contributed by atoms with Gasteiger partial charge in [0, 0.05) is 25.0 Å². The number of benzene rings is 1. The van der Waals surface area contributed by atoms with E-state index in [1.165, 1.54) is 36.9 Å². The van der Waals surface area contributed by atoms with Gasteiger partial charge in [0.2, 0.25) is 6.79 Å². The predicted molar refractivity (Wildman–Crippen MR) is 71.4 cm³/mol. The SMILES string of the molecule is C1=C2[C@@H]3CN(Cc4cc5c(cc43)OCO5)[C@H]2CCC1. The maximum Gasteiger partial charge on any atom is 0.231 e. The van der Waals surface area contributed by atoms with Gasteiger partial charge in [0.1, 0.15) is 0 Å². The third kappa shape index (κ3) is 1.31. The molecule has 3 nitrogen and oxygen atoms in total. The zero-order chi connectivity index (χ0) is 12.4. The number of rotatable bonds is 0. The van der Waals surface area contributed by atoms with Crippen LogP contribution < -0.4 is 9.47 Å². The molecule has 1 aromatic carbocycles. The lowest BCUT2D eigenvalue weighted by Crippen LogP contribution is -2.31. The molecule has 0 radical (unpaired) electrons. The summed E-state index contributed by atoms with van der Waals surface area (Å²) in [4.78, 5) is 2.65. The van der Waals surface area contributed by atoms with E-state index in [0.29, 0.717) is 18.8 Å². The molecule has 98 valence electrons. The van der Waals surface area contributed by atoms with Crippen LogP contribution in [0.15, 0.2) is 23.8 Å². The van der Waals surface area contributed by atoms with Gasteiger partial charge in [-0.1, -0.05) is 6.08 Å². The van der Waals surface area contributed by atoms with Crippen LogP contribution in [0, 0.1) is 0 Å². The van der Waals surface area contributed by atoms with E-state index in [-0.39, 0.29) is 0 Å². The highest BCUT2D eigenvalue weighted by molar-refractivity contribution is 5.54. The number of nitrogens with zero attached hydrogens (tertiary/aromatic N) is 1. The van der Waals surface area contributed by atoms with Crippen molar-refractivity contribution < 1.29 is 9.47 Å². The minimum Gasteiger partial charge on any atom is -0.454 e. The highest BCUT2D eigenvalue weighted by Crippen LogP contribution is 2.49. The maximum atomic E-state index is 5.55. The van der Waals surface area contributed by atoms with Gasteiger partial charge in [-0.05, 0) is 48.1 Å². The zero-order valence-corrected chi connectivity index (χ0v) is 10.9. The fourth-order valence-electron chi connectivity index (χ4n) is 4.25. The molecule has 19 heavy (non-hydrogen) atoms. The Morgan fingerprint density at radius 1 is 1.16 bits per heavy atom. The Bertz CT molecular complexity index is 593. The van der Waals surface area contributed by atoms with Crippen molar-refractivity contribution in [1.82, 2.24) is 4.90 Å². The highest BCUT2D eigenvalue weighted by atomic mass is 16.7. The van der Waals surface area contributed by atoms with Gasteiger partial charge in [-0.25, -0.2) is 0 Å². The Labute approximate surface area is 112 Å². The van der Waals surface area contributed by atoms with Gasteiger partial charge < -0.3 is 9.47 Å². The second kappa shape index (κ2) is 3.54. The summed E-state index contributed by atoms with van der Waals surface area (Å²) in [6.45, 7) is 2.64. The second-order valence-corrected chi connectivity index (χ2v) is 6.04. The largest absolute Gasteiger partial charge is 0.454 e. The molecule has 3 atom stereocenters. The predicted octanol–water partition coefficient (Wildman–Crippen LogP) is 2.81. The lowest BCUT2D eigenvalue weighted by Gasteiger charge is -2.28. The topological polar surface area (TPSA) is 21.7 Å². The smallest absolute Gasteiger partial charge is 0.231 e. The molecular weight excluding hydrogens is 238 g/mol. The summed E-state index contributed by atoms with van der Waals surface area (Å²) in [6, 6.07) is 5.13. The molecule has 4 aliphatic rings. The molecule has 1 aromatic rings. The number of hydrogen-bond acceptors (Lipinski definition) is 3. The molecule has 1 saturated heterocycles. The number of ether oxygens (including phenoxy) is 2. The van der Waals surface area contributed by atoms with Crippen molar-refractivity contribution in [2.45, 2.75) is 37.8 Å². The normalized spacial score (nSPS) is 33.7. The standard InChI is InChI=1S/C16H17NO2/c1-2-4-14-11(3-1)13-8-17(14)7-10-5-15-16(6-12(10)13)19-9-18-15/h3,5-6,13-14H,1-2,4,7-9H2/t13-,14-/m0/s1. The average Bonchev–Trinajstić information content (AvgIpc) is 3.01. The van der Waals surface area contributed by atoms with Crippen LogP contribution in [0.25, 0.3) is 0 Å². The molecule has 2 bridgehead atoms. The monoisotopic (exact) mass is 255 g/mol. The molecule has 1 aliphatic carbocycles. The fraction of sp³-hybridized carbons (Fsp3) is 0.500. The Balaban J connectivity index is 1.67. The van der Waals surface area contributed by atoms with Gasteiger partial charge in [-0.15, -0.1) is 0 Å². The van der Waals surface area contributed by atoms with Crippen LogP contribution in [-0.2, 0) is 6.54 Å². The first-order chi connectivity index (χ1) is 9.40. The average molecular weight is 255 g/mol. The first-order valence-corrected chi connectivity index (χ1v) is 7.26. The molecule has 3 heteroatoms. The molecule has 0 N–H and O–H groups in total. The van der Waals surface area contributed by atoms with E-state index < -0.39 is 0 Å². The second-order valence-electron chi connectivity index (χ2n) is 6.04. The van der Waals surface area contributed by atoms with Crippen molar-refractivity contribution in [1.29, 1.82) is 0 Å². The molecule has 3 aliphatic heterocycles. The van der Waals surface area contributed by atoms with Crippen molar-refractivity contribution in [2.75, 3.05) is 13.3 Å². The van der Waals surface area contributed by atoms with Gasteiger partial charge in [0.15, 0.2) is 11.5 Å². The molecule has 5 rings (SSSR count). The first-order valence-electron chi connectivity index (χ1n) is 7.26. The van der Waals surface area contributed by atoms with E-state index in [1.54, 1.807) is 5.57 Å². The van der Waals surface area contributed by atoms with Crippen molar-refractivity contribution in [2.24, 2.45) is 0 Å². The summed E-state index contributed by atoms with van der Waals surface area (Å²) in [5.74, 6) is 2.47. The van der Waals surface area contributed by atoms with Crippen LogP contribution in [-0.4, -0.2) is 24.3 Å². The van der Waals surface area contributed by atoms with Gasteiger partial charge >= 0.3 is 0 Å². The van der Waals surface area contributed by atoms with Crippen LogP contribution in [0.1, 0.15) is 36.3 Å².